The van der Waals surface area contributed by atoms with Crippen molar-refractivity contribution in [2.75, 3.05) is 0 Å². The highest BCUT2D eigenvalue weighted by Crippen LogP contribution is 2.46. The first-order valence-electron chi connectivity index (χ1n) is 5.92. The van der Waals surface area contributed by atoms with E-state index in [2.05, 4.69) is 17.1 Å². The number of sulfonamides is 1. The number of nitrogens with two attached hydrogens (primary N) is 1. The number of benzene rings is 1. The molecule has 1 heterocycles. The Hall–Kier alpha value is -1.73. The van der Waals surface area contributed by atoms with Gasteiger partial charge in [-0.1, -0.05) is 24.2 Å². The predicted octanol–water partition coefficient (Wildman–Crippen LogP) is 1.51. The highest BCUT2D eigenvalue weighted by Gasteiger charge is 2.38. The van der Waals surface area contributed by atoms with Gasteiger partial charge in [-0.3, -0.25) is 0 Å². The highest BCUT2D eigenvalue weighted by atomic mass is 32.2. The van der Waals surface area contributed by atoms with Gasteiger partial charge in [-0.25, -0.2) is 13.6 Å². The number of hydrogen-bond donors (Lipinski definition) is 1. The van der Waals surface area contributed by atoms with Crippen LogP contribution in [0.15, 0.2) is 33.7 Å². The molecule has 1 saturated carbocycles. The molecule has 1 fully saturated rings. The summed E-state index contributed by atoms with van der Waals surface area (Å²) in [5.41, 5.74) is 0.579. The van der Waals surface area contributed by atoms with Crippen molar-refractivity contribution in [2.45, 2.75) is 24.2 Å². The van der Waals surface area contributed by atoms with E-state index in [1.54, 1.807) is 12.1 Å². The summed E-state index contributed by atoms with van der Waals surface area (Å²) < 4.78 is 27.8. The Morgan fingerprint density at radius 1 is 1.42 bits per heavy atom. The van der Waals surface area contributed by atoms with Gasteiger partial charge in [0, 0.05) is 11.5 Å². The molecular formula is C12H13N3O3S. The fraction of sp³-hybridized carbons (Fsp3) is 0.333. The minimum atomic E-state index is -3.73. The van der Waals surface area contributed by atoms with E-state index in [1.807, 2.05) is 0 Å². The van der Waals surface area contributed by atoms with Gasteiger partial charge in [-0.2, -0.15) is 4.98 Å². The van der Waals surface area contributed by atoms with Crippen LogP contribution in [0.3, 0.4) is 0 Å². The molecule has 1 aliphatic carbocycles. The van der Waals surface area contributed by atoms with Crippen LogP contribution >= 0.6 is 0 Å². The Kier molecular flexibility index (Phi) is 2.68. The molecule has 3 rings (SSSR count). The zero-order valence-electron chi connectivity index (χ0n) is 10.3. The first-order valence-corrected chi connectivity index (χ1v) is 7.46. The van der Waals surface area contributed by atoms with Crippen LogP contribution in [0.5, 0.6) is 0 Å². The van der Waals surface area contributed by atoms with Gasteiger partial charge in [-0.05, 0) is 24.5 Å². The smallest absolute Gasteiger partial charge is 0.238 e. The lowest BCUT2D eigenvalue weighted by molar-refractivity contribution is 0.377. The summed E-state index contributed by atoms with van der Waals surface area (Å²) >= 11 is 0. The van der Waals surface area contributed by atoms with Crippen molar-refractivity contribution in [2.24, 2.45) is 11.1 Å². The highest BCUT2D eigenvalue weighted by molar-refractivity contribution is 7.89. The molecule has 2 aromatic rings. The minimum Gasteiger partial charge on any atom is -0.339 e. The Morgan fingerprint density at radius 3 is 2.79 bits per heavy atom. The van der Waals surface area contributed by atoms with E-state index >= 15 is 0 Å². The van der Waals surface area contributed by atoms with Crippen molar-refractivity contribution in [3.05, 3.63) is 30.2 Å². The van der Waals surface area contributed by atoms with Crippen molar-refractivity contribution < 1.29 is 12.9 Å². The summed E-state index contributed by atoms with van der Waals surface area (Å²) in [7, 11) is -3.73. The second-order valence-electron chi connectivity index (χ2n) is 4.85. The molecule has 100 valence electrons. The fourth-order valence-corrected chi connectivity index (χ4v) is 2.54. The normalized spacial score (nSPS) is 22.4. The average molecular weight is 279 g/mol. The molecule has 0 saturated heterocycles. The van der Waals surface area contributed by atoms with Crippen molar-refractivity contribution in [1.82, 2.24) is 10.1 Å². The second-order valence-corrected chi connectivity index (χ2v) is 6.41. The molecule has 2 atom stereocenters. The fourth-order valence-electron chi connectivity index (χ4n) is 1.98. The van der Waals surface area contributed by atoms with Crippen molar-refractivity contribution >= 4 is 10.0 Å². The van der Waals surface area contributed by atoms with E-state index in [4.69, 9.17) is 9.66 Å². The maximum atomic E-state index is 11.3. The summed E-state index contributed by atoms with van der Waals surface area (Å²) in [5.74, 6) is 1.91. The van der Waals surface area contributed by atoms with Crippen LogP contribution in [0.4, 0.5) is 0 Å². The molecule has 0 bridgehead atoms. The third-order valence-electron chi connectivity index (χ3n) is 3.29. The van der Waals surface area contributed by atoms with E-state index in [0.717, 1.165) is 6.42 Å². The molecule has 7 heteroatoms. The Balaban J connectivity index is 1.96. The lowest BCUT2D eigenvalue weighted by atomic mass is 10.2. The first kappa shape index (κ1) is 12.3. The lowest BCUT2D eigenvalue weighted by Gasteiger charge is -1.99. The summed E-state index contributed by atoms with van der Waals surface area (Å²) in [5, 5.41) is 8.98. The molecule has 6 nitrogen and oxygen atoms in total. The molecule has 0 amide bonds. The predicted molar refractivity (Wildman–Crippen MR) is 67.6 cm³/mol. The Bertz CT molecular complexity index is 723. The first-order chi connectivity index (χ1) is 8.95. The standard InChI is InChI=1S/C12H13N3O3S/c1-7-5-10(7)12-14-11(15-18-12)8-3-2-4-9(6-8)19(13,16)17/h2-4,6-7,10H,5H2,1H3,(H2,13,16,17). The summed E-state index contributed by atoms with van der Waals surface area (Å²) in [6.07, 6.45) is 1.05. The van der Waals surface area contributed by atoms with Crippen LogP contribution in [0.2, 0.25) is 0 Å². The third kappa shape index (κ3) is 2.39. The number of hydrogen-bond acceptors (Lipinski definition) is 5. The monoisotopic (exact) mass is 279 g/mol. The molecule has 1 aromatic carbocycles. The topological polar surface area (TPSA) is 99.1 Å². The summed E-state index contributed by atoms with van der Waals surface area (Å²) in [4.78, 5) is 4.34. The van der Waals surface area contributed by atoms with Crippen molar-refractivity contribution in [1.29, 1.82) is 0 Å². The number of rotatable bonds is 3. The van der Waals surface area contributed by atoms with Gasteiger partial charge in [0.15, 0.2) is 0 Å². The van der Waals surface area contributed by atoms with E-state index in [-0.39, 0.29) is 4.90 Å². The molecule has 19 heavy (non-hydrogen) atoms. The molecular weight excluding hydrogens is 266 g/mol. The lowest BCUT2D eigenvalue weighted by Crippen LogP contribution is -2.11. The van der Waals surface area contributed by atoms with Gasteiger partial charge < -0.3 is 4.52 Å². The van der Waals surface area contributed by atoms with Crippen LogP contribution in [-0.2, 0) is 10.0 Å². The van der Waals surface area contributed by atoms with Crippen LogP contribution in [-0.4, -0.2) is 18.6 Å². The van der Waals surface area contributed by atoms with E-state index < -0.39 is 10.0 Å². The van der Waals surface area contributed by atoms with Crippen LogP contribution < -0.4 is 5.14 Å². The molecule has 0 radical (unpaired) electrons. The largest absolute Gasteiger partial charge is 0.339 e. The molecule has 1 aliphatic rings. The Labute approximate surface area is 110 Å². The summed E-state index contributed by atoms with van der Waals surface area (Å²) in [6, 6.07) is 6.20. The van der Waals surface area contributed by atoms with E-state index in [9.17, 15) is 8.42 Å². The van der Waals surface area contributed by atoms with Gasteiger partial charge >= 0.3 is 0 Å². The van der Waals surface area contributed by atoms with Crippen LogP contribution in [0, 0.1) is 5.92 Å². The van der Waals surface area contributed by atoms with Crippen LogP contribution in [0.25, 0.3) is 11.4 Å². The van der Waals surface area contributed by atoms with E-state index in [1.165, 1.54) is 12.1 Å². The van der Waals surface area contributed by atoms with Gasteiger partial charge in [-0.15, -0.1) is 0 Å². The van der Waals surface area contributed by atoms with Gasteiger partial charge in [0.25, 0.3) is 0 Å². The molecule has 1 aromatic heterocycles. The zero-order chi connectivity index (χ0) is 13.6. The Morgan fingerprint density at radius 2 is 2.16 bits per heavy atom. The maximum absolute atomic E-state index is 11.3. The second kappa shape index (κ2) is 4.14. The van der Waals surface area contributed by atoms with Gasteiger partial charge in [0.2, 0.25) is 21.7 Å². The quantitative estimate of drug-likeness (QED) is 0.918. The number of aromatic nitrogens is 2. The van der Waals surface area contributed by atoms with Crippen molar-refractivity contribution in [3.8, 4) is 11.4 Å². The molecule has 0 spiro atoms. The van der Waals surface area contributed by atoms with Gasteiger partial charge in [0.1, 0.15) is 0 Å². The number of nitrogens with zero attached hydrogens (tertiary/aromatic N) is 2. The SMILES string of the molecule is CC1CC1c1nc(-c2cccc(S(N)(=O)=O)c2)no1. The van der Waals surface area contributed by atoms with E-state index in [0.29, 0.717) is 29.1 Å². The third-order valence-corrected chi connectivity index (χ3v) is 4.20. The average Bonchev–Trinajstić information content (AvgIpc) is 2.91. The maximum Gasteiger partial charge on any atom is 0.238 e. The minimum absolute atomic E-state index is 0.0381. The van der Waals surface area contributed by atoms with Crippen molar-refractivity contribution in [3.63, 3.8) is 0 Å². The number of primary sulfonamides is 1. The van der Waals surface area contributed by atoms with Crippen LogP contribution in [0.1, 0.15) is 25.2 Å². The molecule has 0 aliphatic heterocycles. The molecule has 2 unspecified atom stereocenters. The summed E-state index contributed by atoms with van der Waals surface area (Å²) in [6.45, 7) is 2.12. The zero-order valence-corrected chi connectivity index (χ0v) is 11.1. The van der Waals surface area contributed by atoms with Gasteiger partial charge in [0.05, 0.1) is 4.90 Å². The molecule has 2 N–H and O–H groups in total.